The summed E-state index contributed by atoms with van der Waals surface area (Å²) in [4.78, 5) is 25.1. The maximum atomic E-state index is 13.3. The number of carbonyl (C=O) groups excluding carboxylic acids is 2. The Kier molecular flexibility index (Phi) is 5.37. The van der Waals surface area contributed by atoms with Gasteiger partial charge in [0.2, 0.25) is 11.8 Å². The summed E-state index contributed by atoms with van der Waals surface area (Å²) in [5, 5.41) is 10.9. The zero-order valence-corrected chi connectivity index (χ0v) is 17.4. The number of carbonyl (C=O) groups is 2. The fourth-order valence-electron chi connectivity index (χ4n) is 4.58. The Bertz CT molecular complexity index is 708. The fourth-order valence-corrected chi connectivity index (χ4v) is 4.58. The molecule has 6 nitrogen and oxygen atoms in total. The van der Waals surface area contributed by atoms with Crippen molar-refractivity contribution in [2.24, 2.45) is 5.92 Å². The average molecular weight is 375 g/mol. The van der Waals surface area contributed by atoms with E-state index in [0.29, 0.717) is 18.8 Å². The monoisotopic (exact) mass is 374 g/mol. The van der Waals surface area contributed by atoms with Gasteiger partial charge in [-0.3, -0.25) is 14.3 Å². The lowest BCUT2D eigenvalue weighted by Gasteiger charge is -2.40. The van der Waals surface area contributed by atoms with Gasteiger partial charge in [-0.2, -0.15) is 5.10 Å². The first-order valence-corrected chi connectivity index (χ1v) is 10.3. The summed E-state index contributed by atoms with van der Waals surface area (Å²) in [5.41, 5.74) is 1.52. The van der Waals surface area contributed by atoms with Gasteiger partial charge >= 0.3 is 0 Å². The quantitative estimate of drug-likeness (QED) is 0.853. The van der Waals surface area contributed by atoms with Crippen molar-refractivity contribution >= 4 is 11.8 Å². The highest BCUT2D eigenvalue weighted by Gasteiger charge is 2.43. The molecular formula is C21H34N4O2. The zero-order chi connectivity index (χ0) is 19.8. The molecule has 2 N–H and O–H groups in total. The molecule has 0 radical (unpaired) electrons. The van der Waals surface area contributed by atoms with Crippen LogP contribution in [0.5, 0.6) is 0 Å². The van der Waals surface area contributed by atoms with Crippen LogP contribution in [0.2, 0.25) is 0 Å². The highest BCUT2D eigenvalue weighted by atomic mass is 16.2. The minimum atomic E-state index is -0.768. The summed E-state index contributed by atoms with van der Waals surface area (Å²) in [6.45, 7) is 10.2. The number of rotatable bonds is 3. The Labute approximate surface area is 162 Å². The molecule has 0 bridgehead atoms. The van der Waals surface area contributed by atoms with Gasteiger partial charge in [0.15, 0.2) is 0 Å². The normalized spacial score (nSPS) is 28.3. The van der Waals surface area contributed by atoms with Gasteiger partial charge in [-0.1, -0.05) is 6.92 Å². The number of hydrogen-bond donors (Lipinski definition) is 2. The number of nitrogens with one attached hydrogen (secondary N) is 2. The molecule has 0 aromatic carbocycles. The highest BCUT2D eigenvalue weighted by molar-refractivity contribution is 5.91. The molecule has 0 aliphatic heterocycles. The van der Waals surface area contributed by atoms with Gasteiger partial charge in [-0.05, 0) is 71.6 Å². The van der Waals surface area contributed by atoms with Crippen LogP contribution in [-0.2, 0) is 21.5 Å². The predicted octanol–water partition coefficient (Wildman–Crippen LogP) is 3.22. The molecule has 27 heavy (non-hydrogen) atoms. The van der Waals surface area contributed by atoms with E-state index in [1.54, 1.807) is 0 Å². The lowest BCUT2D eigenvalue weighted by molar-refractivity contribution is -0.135. The van der Waals surface area contributed by atoms with Crippen LogP contribution in [0.25, 0.3) is 0 Å². The van der Waals surface area contributed by atoms with Crippen LogP contribution in [0.3, 0.4) is 0 Å². The van der Waals surface area contributed by atoms with Crippen LogP contribution >= 0.6 is 0 Å². The van der Waals surface area contributed by atoms with Gasteiger partial charge in [0.1, 0.15) is 5.54 Å². The van der Waals surface area contributed by atoms with Crippen molar-refractivity contribution in [1.82, 2.24) is 20.4 Å². The Hall–Kier alpha value is -1.85. The maximum Gasteiger partial charge on any atom is 0.246 e. The molecular weight excluding hydrogens is 340 g/mol. The lowest BCUT2D eigenvalue weighted by atomic mass is 9.76. The second-order valence-corrected chi connectivity index (χ2v) is 9.49. The SMILES string of the molecule is CC(=O)NC1(C(=O)NC2CCCc3c2cnn3C(C)(C)C)CCC(C)CC1. The van der Waals surface area contributed by atoms with E-state index in [9.17, 15) is 9.59 Å². The number of hydrogen-bond acceptors (Lipinski definition) is 3. The van der Waals surface area contributed by atoms with E-state index in [1.807, 2.05) is 6.20 Å². The summed E-state index contributed by atoms with van der Waals surface area (Å²) in [7, 11) is 0. The standard InChI is InChI=1S/C21H34N4O2/c1-14-9-11-21(12-10-14,24-15(2)26)19(27)23-17-7-6-8-18-16(17)13-22-25(18)20(3,4)5/h13-14,17H,6-12H2,1-5H3,(H,23,27)(H,24,26). The Morgan fingerprint density at radius 1 is 1.22 bits per heavy atom. The minimum Gasteiger partial charge on any atom is -0.347 e. The van der Waals surface area contributed by atoms with Crippen molar-refractivity contribution in [3.63, 3.8) is 0 Å². The molecule has 1 unspecified atom stereocenters. The van der Waals surface area contributed by atoms with Gasteiger partial charge in [0, 0.05) is 18.2 Å². The summed E-state index contributed by atoms with van der Waals surface area (Å²) in [6, 6.07) is -0.0256. The molecule has 1 heterocycles. The van der Waals surface area contributed by atoms with E-state index in [-0.39, 0.29) is 23.4 Å². The molecule has 1 aromatic rings. The zero-order valence-electron chi connectivity index (χ0n) is 17.4. The van der Waals surface area contributed by atoms with E-state index < -0.39 is 5.54 Å². The Balaban J connectivity index is 1.82. The molecule has 1 atom stereocenters. The largest absolute Gasteiger partial charge is 0.347 e. The van der Waals surface area contributed by atoms with Crippen molar-refractivity contribution in [2.75, 3.05) is 0 Å². The molecule has 6 heteroatoms. The first kappa shape index (κ1) is 19.9. The van der Waals surface area contributed by atoms with Gasteiger partial charge in [-0.15, -0.1) is 0 Å². The number of fused-ring (bicyclic) bond motifs is 1. The molecule has 2 aliphatic carbocycles. The lowest BCUT2D eigenvalue weighted by Crippen LogP contribution is -2.60. The van der Waals surface area contributed by atoms with Crippen molar-refractivity contribution in [2.45, 2.75) is 96.7 Å². The van der Waals surface area contributed by atoms with E-state index >= 15 is 0 Å². The smallest absolute Gasteiger partial charge is 0.246 e. The summed E-state index contributed by atoms with van der Waals surface area (Å²) < 4.78 is 2.09. The van der Waals surface area contributed by atoms with E-state index in [2.05, 4.69) is 48.1 Å². The molecule has 2 aliphatic rings. The highest BCUT2D eigenvalue weighted by Crippen LogP contribution is 2.35. The van der Waals surface area contributed by atoms with Crippen LogP contribution in [-0.4, -0.2) is 27.1 Å². The van der Waals surface area contributed by atoms with Gasteiger partial charge < -0.3 is 10.6 Å². The van der Waals surface area contributed by atoms with E-state index in [0.717, 1.165) is 37.7 Å². The fraction of sp³-hybridized carbons (Fsp3) is 0.762. The summed E-state index contributed by atoms with van der Waals surface area (Å²) in [5.74, 6) is 0.432. The summed E-state index contributed by atoms with van der Waals surface area (Å²) in [6.07, 6.45) is 8.20. The van der Waals surface area contributed by atoms with Crippen LogP contribution in [0.15, 0.2) is 6.20 Å². The predicted molar refractivity (Wildman–Crippen MR) is 105 cm³/mol. The van der Waals surface area contributed by atoms with Crippen molar-refractivity contribution < 1.29 is 9.59 Å². The molecule has 0 saturated heterocycles. The molecule has 3 rings (SSSR count). The van der Waals surface area contributed by atoms with Crippen LogP contribution in [0.4, 0.5) is 0 Å². The average Bonchev–Trinajstić information content (AvgIpc) is 3.02. The maximum absolute atomic E-state index is 13.3. The number of aromatic nitrogens is 2. The second kappa shape index (κ2) is 7.28. The molecule has 1 fully saturated rings. The third kappa shape index (κ3) is 4.04. The van der Waals surface area contributed by atoms with Crippen molar-refractivity contribution in [3.8, 4) is 0 Å². The van der Waals surface area contributed by atoms with Crippen molar-refractivity contribution in [1.29, 1.82) is 0 Å². The van der Waals surface area contributed by atoms with Gasteiger partial charge in [0.05, 0.1) is 17.8 Å². The third-order valence-electron chi connectivity index (χ3n) is 6.10. The van der Waals surface area contributed by atoms with E-state index in [1.165, 1.54) is 12.6 Å². The van der Waals surface area contributed by atoms with Gasteiger partial charge in [-0.25, -0.2) is 0 Å². The van der Waals surface area contributed by atoms with Crippen LogP contribution in [0.1, 0.15) is 90.4 Å². The third-order valence-corrected chi connectivity index (χ3v) is 6.10. The topological polar surface area (TPSA) is 76.0 Å². The molecule has 150 valence electrons. The number of amides is 2. The van der Waals surface area contributed by atoms with Gasteiger partial charge in [0.25, 0.3) is 0 Å². The van der Waals surface area contributed by atoms with Crippen LogP contribution < -0.4 is 10.6 Å². The van der Waals surface area contributed by atoms with Crippen LogP contribution in [0, 0.1) is 5.92 Å². The Morgan fingerprint density at radius 3 is 2.48 bits per heavy atom. The molecule has 2 amide bonds. The number of nitrogens with zero attached hydrogens (tertiary/aromatic N) is 2. The molecule has 1 saturated carbocycles. The Morgan fingerprint density at radius 2 is 1.89 bits per heavy atom. The molecule has 0 spiro atoms. The summed E-state index contributed by atoms with van der Waals surface area (Å²) >= 11 is 0. The first-order chi connectivity index (χ1) is 12.6. The molecule has 1 aromatic heterocycles. The second-order valence-electron chi connectivity index (χ2n) is 9.49. The minimum absolute atomic E-state index is 0.0256. The van der Waals surface area contributed by atoms with Crippen molar-refractivity contribution in [3.05, 3.63) is 17.5 Å². The van der Waals surface area contributed by atoms with E-state index in [4.69, 9.17) is 0 Å². The first-order valence-electron chi connectivity index (χ1n) is 10.3.